The lowest BCUT2D eigenvalue weighted by Crippen LogP contribution is -2.60. The molecule has 2 aliphatic rings. The highest BCUT2D eigenvalue weighted by atomic mass is 32.2. The van der Waals surface area contributed by atoms with Gasteiger partial charge in [0.2, 0.25) is 5.60 Å². The van der Waals surface area contributed by atoms with E-state index >= 15 is 0 Å². The fraction of sp³-hybridized carbons (Fsp3) is 0.696. The van der Waals surface area contributed by atoms with E-state index in [-0.39, 0.29) is 21.3 Å². The summed E-state index contributed by atoms with van der Waals surface area (Å²) in [6.45, 7) is 20.7. The van der Waals surface area contributed by atoms with E-state index in [4.69, 9.17) is 28.9 Å². The van der Waals surface area contributed by atoms with Crippen LogP contribution in [0.25, 0.3) is 11.2 Å². The molecule has 4 rings (SSSR count). The first-order chi connectivity index (χ1) is 17.1. The van der Waals surface area contributed by atoms with Crippen molar-refractivity contribution >= 4 is 37.9 Å². The number of fused-ring (bicyclic) bond motifs is 1. The number of hydrogen-bond donors (Lipinski definition) is 3. The highest BCUT2D eigenvalue weighted by Gasteiger charge is 2.69. The van der Waals surface area contributed by atoms with Crippen LogP contribution in [0.3, 0.4) is 0 Å². The van der Waals surface area contributed by atoms with E-state index in [1.165, 1.54) is 12.7 Å². The summed E-state index contributed by atoms with van der Waals surface area (Å²) >= 11 is 0. The molecule has 4 heterocycles. The third-order valence-corrected chi connectivity index (χ3v) is 18.3. The van der Waals surface area contributed by atoms with Crippen LogP contribution >= 0.6 is 0 Å². The molecule has 4 N–H and O–H groups in total. The summed E-state index contributed by atoms with van der Waals surface area (Å²) in [7, 11) is -9.28. The number of aromatic amines is 1. The number of H-pyrrole nitrogens is 1. The third-order valence-electron chi connectivity index (χ3n) is 8.39. The first kappa shape index (κ1) is 29.1. The van der Waals surface area contributed by atoms with Crippen molar-refractivity contribution < 1.29 is 26.2 Å². The van der Waals surface area contributed by atoms with Crippen molar-refractivity contribution in [3.8, 4) is 0 Å². The van der Waals surface area contributed by atoms with Crippen molar-refractivity contribution in [2.45, 2.75) is 102 Å². The number of nitrogens with two attached hydrogens (primary N) is 1. The lowest BCUT2D eigenvalue weighted by molar-refractivity contribution is -0.146. The van der Waals surface area contributed by atoms with Crippen LogP contribution in [0.15, 0.2) is 23.8 Å². The van der Waals surface area contributed by atoms with Crippen LogP contribution in [0, 0.1) is 5.41 Å². The Morgan fingerprint density at radius 2 is 1.66 bits per heavy atom. The van der Waals surface area contributed by atoms with Gasteiger partial charge in [-0.2, -0.15) is 8.42 Å². The summed E-state index contributed by atoms with van der Waals surface area (Å²) in [5.74, 6) is 0. The first-order valence-electron chi connectivity index (χ1n) is 12.5. The number of hydrogen-bond acceptors (Lipinski definition) is 10. The van der Waals surface area contributed by atoms with Gasteiger partial charge >= 0.3 is 0 Å². The Morgan fingerprint density at radius 1 is 1.08 bits per heavy atom. The van der Waals surface area contributed by atoms with E-state index < -0.39 is 51.0 Å². The molecule has 2 aromatic rings. The summed E-state index contributed by atoms with van der Waals surface area (Å²) in [4.78, 5) is 11.5. The zero-order valence-corrected chi connectivity index (χ0v) is 26.6. The van der Waals surface area contributed by atoms with E-state index in [1.54, 1.807) is 4.57 Å². The molecule has 212 valence electrons. The Hall–Kier alpha value is -1.89. The maximum absolute atomic E-state index is 12.9. The highest BCUT2D eigenvalue weighted by molar-refractivity contribution is 7.90. The lowest BCUT2D eigenvalue weighted by atomic mass is 9.94. The predicted octanol–water partition coefficient (Wildman–Crippen LogP) is 3.40. The van der Waals surface area contributed by atoms with Crippen LogP contribution in [-0.4, -0.2) is 62.6 Å². The zero-order chi connectivity index (χ0) is 28.7. The van der Waals surface area contributed by atoms with Gasteiger partial charge in [0.05, 0.1) is 17.4 Å². The average Bonchev–Trinajstić information content (AvgIpc) is 3.38. The topological polar surface area (TPSA) is 167 Å². The van der Waals surface area contributed by atoms with E-state index in [2.05, 4.69) is 69.6 Å². The number of ether oxygens (including phenoxy) is 1. The molecular formula is C23H40N6O6SSi2. The van der Waals surface area contributed by atoms with Crippen LogP contribution in [0.4, 0.5) is 0 Å². The van der Waals surface area contributed by atoms with Crippen LogP contribution < -0.4 is 11.2 Å². The largest absolute Gasteiger partial charge is 0.406 e. The number of imidazole rings is 1. The molecule has 2 aliphatic heterocycles. The summed E-state index contributed by atoms with van der Waals surface area (Å²) in [5, 5.41) is 8.64. The van der Waals surface area contributed by atoms with E-state index in [1.807, 2.05) is 13.1 Å². The molecule has 2 unspecified atom stereocenters. The molecule has 0 radical (unpaired) electrons. The molecule has 4 atom stereocenters. The Morgan fingerprint density at radius 3 is 2.18 bits per heavy atom. The molecule has 1 saturated heterocycles. The number of rotatable bonds is 5. The van der Waals surface area contributed by atoms with Gasteiger partial charge in [0.25, 0.3) is 10.1 Å². The van der Waals surface area contributed by atoms with Gasteiger partial charge in [0.1, 0.15) is 17.9 Å². The van der Waals surface area contributed by atoms with Gasteiger partial charge in [-0.1, -0.05) is 41.5 Å². The highest BCUT2D eigenvalue weighted by Crippen LogP contribution is 2.53. The van der Waals surface area contributed by atoms with Gasteiger partial charge in [-0.25, -0.2) is 14.2 Å². The Bertz CT molecular complexity index is 1440. The van der Waals surface area contributed by atoms with E-state index in [0.29, 0.717) is 11.2 Å². The summed E-state index contributed by atoms with van der Waals surface area (Å²) in [5.41, 5.74) is 5.50. The van der Waals surface area contributed by atoms with Gasteiger partial charge < -0.3 is 24.3 Å². The minimum Gasteiger partial charge on any atom is -0.406 e. The number of nitrogens with one attached hydrogen (secondary N) is 2. The van der Waals surface area contributed by atoms with Crippen LogP contribution in [0.5, 0.6) is 0 Å². The van der Waals surface area contributed by atoms with Crippen molar-refractivity contribution in [1.29, 1.82) is 5.41 Å². The van der Waals surface area contributed by atoms with Crippen molar-refractivity contribution in [1.82, 2.24) is 19.5 Å². The Balaban J connectivity index is 1.97. The molecule has 38 heavy (non-hydrogen) atoms. The fourth-order valence-electron chi connectivity index (χ4n) is 4.04. The second kappa shape index (κ2) is 8.81. The fourth-order valence-corrected chi connectivity index (χ4v) is 7.63. The monoisotopic (exact) mass is 584 g/mol. The average molecular weight is 585 g/mol. The first-order valence-corrected chi connectivity index (χ1v) is 19.8. The van der Waals surface area contributed by atoms with Crippen molar-refractivity contribution in [2.24, 2.45) is 5.73 Å². The van der Waals surface area contributed by atoms with Gasteiger partial charge in [-0.3, -0.25) is 9.98 Å². The minimum atomic E-state index is -4.15. The predicted molar refractivity (Wildman–Crippen MR) is 147 cm³/mol. The van der Waals surface area contributed by atoms with Crippen LogP contribution in [0.2, 0.25) is 36.3 Å². The molecule has 12 nitrogen and oxygen atoms in total. The molecule has 0 aromatic carbocycles. The molecule has 1 fully saturated rings. The number of nitrogens with zero attached hydrogens (tertiary/aromatic N) is 3. The molecule has 0 saturated carbocycles. The quantitative estimate of drug-likeness (QED) is 0.352. The van der Waals surface area contributed by atoms with Gasteiger partial charge in [-0.05, 0) is 36.3 Å². The molecule has 0 amide bonds. The third kappa shape index (κ3) is 4.61. The van der Waals surface area contributed by atoms with E-state index in [9.17, 15) is 8.42 Å². The molecule has 0 bridgehead atoms. The maximum atomic E-state index is 12.9. The van der Waals surface area contributed by atoms with Gasteiger partial charge in [-0.15, -0.1) is 0 Å². The summed E-state index contributed by atoms with van der Waals surface area (Å²) in [6, 6.07) is 0. The van der Waals surface area contributed by atoms with Crippen molar-refractivity contribution in [3.05, 3.63) is 29.2 Å². The molecule has 2 aromatic heterocycles. The number of aromatic nitrogens is 4. The van der Waals surface area contributed by atoms with Gasteiger partial charge in [0, 0.05) is 0 Å². The Labute approximate surface area is 225 Å². The standard InChI is InChI=1S/C23H40N6O6SSi2/c1-21(2,3)37(7,8)33-16-19(29-13-28-17(25)15-18(29)27-12-26-15)32-20(34-38(9,10)22(4,5)6)23(16)14(24)11-36(30,31)35-23/h11-13,16,19-20,25H,24H2,1-10H3,(H,26,27)/t16?,19-,20-,23?/m1/s1. The molecule has 1 spiro atoms. The summed E-state index contributed by atoms with van der Waals surface area (Å²) in [6.07, 6.45) is -0.310. The zero-order valence-electron chi connectivity index (χ0n) is 23.7. The second-order valence-corrected chi connectivity index (χ2v) is 24.0. The second-order valence-electron chi connectivity index (χ2n) is 13.1. The molecule has 15 heteroatoms. The SMILES string of the molecule is CC(C)(C)[Si](C)(C)OC1[C@H](n2cnc(=N)c3[nH]cnc32)O[C@H](O[Si](C)(C)C(C)(C)C)C12OS(=O)(=O)C=C2N. The van der Waals surface area contributed by atoms with Crippen molar-refractivity contribution in [3.63, 3.8) is 0 Å². The Kier molecular flexibility index (Phi) is 6.75. The van der Waals surface area contributed by atoms with E-state index in [0.717, 1.165) is 5.41 Å². The van der Waals surface area contributed by atoms with Crippen molar-refractivity contribution in [2.75, 3.05) is 0 Å². The normalized spacial score (nSPS) is 28.4. The van der Waals surface area contributed by atoms with Gasteiger partial charge in [0.15, 0.2) is 40.3 Å². The van der Waals surface area contributed by atoms with Crippen LogP contribution in [0.1, 0.15) is 47.8 Å². The summed E-state index contributed by atoms with van der Waals surface area (Å²) < 4.78 is 53.5. The molecular weight excluding hydrogens is 545 g/mol. The molecule has 0 aliphatic carbocycles. The smallest absolute Gasteiger partial charge is 0.293 e. The maximum Gasteiger partial charge on any atom is 0.293 e. The van der Waals surface area contributed by atoms with Crippen LogP contribution in [-0.2, 0) is 27.9 Å². The lowest BCUT2D eigenvalue weighted by Gasteiger charge is -2.44. The minimum absolute atomic E-state index is 0.0107.